The number of nitrogens with zero attached hydrogens (tertiary/aromatic N) is 3. The van der Waals surface area contributed by atoms with Gasteiger partial charge in [-0.05, 0) is 58.9 Å². The van der Waals surface area contributed by atoms with Crippen LogP contribution in [-0.4, -0.2) is 45.4 Å². The first kappa shape index (κ1) is 24.2. The first-order valence-corrected chi connectivity index (χ1v) is 10.8. The van der Waals surface area contributed by atoms with Gasteiger partial charge >= 0.3 is 11.7 Å². The smallest absolute Gasteiger partial charge is 0.417 e. The number of ether oxygens (including phenoxy) is 1. The third-order valence-corrected chi connectivity index (χ3v) is 4.87. The van der Waals surface area contributed by atoms with Crippen LogP contribution < -0.4 is 10.9 Å². The van der Waals surface area contributed by atoms with Gasteiger partial charge in [0.1, 0.15) is 16.7 Å². The lowest BCUT2D eigenvalue weighted by molar-refractivity contribution is 0.0238. The lowest BCUT2D eigenvalue weighted by atomic mass is 10.1. The number of carbonyl (C=O) groups excluding carboxylic acids is 2. The predicted octanol–water partition coefficient (Wildman–Crippen LogP) is 3.39. The van der Waals surface area contributed by atoms with E-state index in [-0.39, 0.29) is 12.1 Å². The molecule has 0 atom stereocenters. The topological polar surface area (TPSA) is 107 Å². The summed E-state index contributed by atoms with van der Waals surface area (Å²) in [6, 6.07) is 10.3. The van der Waals surface area contributed by atoms with Gasteiger partial charge in [0, 0.05) is 25.5 Å². The minimum Gasteiger partial charge on any atom is -0.443 e. The van der Waals surface area contributed by atoms with Crippen LogP contribution in [0.15, 0.2) is 45.6 Å². The number of fused-ring (bicyclic) bond motifs is 1. The second-order valence-corrected chi connectivity index (χ2v) is 8.85. The van der Waals surface area contributed by atoms with Crippen molar-refractivity contribution < 1.29 is 18.7 Å². The van der Waals surface area contributed by atoms with Gasteiger partial charge in [-0.15, -0.1) is 0 Å². The molecule has 33 heavy (non-hydrogen) atoms. The average molecular weight is 455 g/mol. The van der Waals surface area contributed by atoms with Crippen molar-refractivity contribution in [3.63, 3.8) is 0 Å². The van der Waals surface area contributed by atoms with Crippen LogP contribution in [0, 0.1) is 6.92 Å². The second kappa shape index (κ2) is 9.99. The Morgan fingerprint density at radius 2 is 1.94 bits per heavy atom. The molecule has 1 N–H and O–H groups in total. The zero-order chi connectivity index (χ0) is 24.2. The van der Waals surface area contributed by atoms with Crippen molar-refractivity contribution in [2.45, 2.75) is 46.3 Å². The van der Waals surface area contributed by atoms with Crippen LogP contribution in [0.5, 0.6) is 0 Å². The van der Waals surface area contributed by atoms with E-state index in [1.165, 1.54) is 6.07 Å². The summed E-state index contributed by atoms with van der Waals surface area (Å²) in [5.41, 5.74) is 0.540. The van der Waals surface area contributed by atoms with E-state index in [4.69, 9.17) is 9.15 Å². The summed E-state index contributed by atoms with van der Waals surface area (Å²) >= 11 is 0. The number of aryl methyl sites for hydroxylation is 2. The highest BCUT2D eigenvalue weighted by atomic mass is 16.6. The summed E-state index contributed by atoms with van der Waals surface area (Å²) in [6.45, 7) is 8.31. The van der Waals surface area contributed by atoms with Gasteiger partial charge in [0.15, 0.2) is 0 Å². The quantitative estimate of drug-likeness (QED) is 0.431. The van der Waals surface area contributed by atoms with E-state index in [0.717, 1.165) is 16.3 Å². The Labute approximate surface area is 192 Å². The summed E-state index contributed by atoms with van der Waals surface area (Å²) in [5.74, 6) is -0.744. The molecule has 0 unspecified atom stereocenters. The van der Waals surface area contributed by atoms with E-state index >= 15 is 0 Å². The molecule has 176 valence electrons. The van der Waals surface area contributed by atoms with E-state index < -0.39 is 23.2 Å². The summed E-state index contributed by atoms with van der Waals surface area (Å²) in [4.78, 5) is 39.4. The number of hydrogen-bond acceptors (Lipinski definition) is 7. The van der Waals surface area contributed by atoms with Crippen molar-refractivity contribution >= 4 is 23.0 Å². The second-order valence-electron chi connectivity index (χ2n) is 8.85. The lowest BCUT2D eigenvalue weighted by Gasteiger charge is -2.26. The summed E-state index contributed by atoms with van der Waals surface area (Å²) in [7, 11) is 1.88. The van der Waals surface area contributed by atoms with Gasteiger partial charge in [0.05, 0.1) is 11.4 Å². The Morgan fingerprint density at radius 3 is 2.61 bits per heavy atom. The standard InChI is InChI=1S/C24H30N4O5/c1-16-13-18(27(5)26-16)15-25-11-8-12-28(23(31)33-24(2,3)4)21(29)19-14-17-9-6-7-10-20(17)32-22(19)30/h6-7,9-10,13-14,25H,8,11-12,15H2,1-5H3. The third kappa shape index (κ3) is 6.29. The minimum atomic E-state index is -0.803. The van der Waals surface area contributed by atoms with Gasteiger partial charge in [0.25, 0.3) is 5.91 Å². The molecular formula is C24H30N4O5. The van der Waals surface area contributed by atoms with Crippen LogP contribution in [0.1, 0.15) is 48.9 Å². The number of para-hydroxylation sites is 1. The predicted molar refractivity (Wildman–Crippen MR) is 124 cm³/mol. The fraction of sp³-hybridized carbons (Fsp3) is 0.417. The molecule has 0 aliphatic rings. The van der Waals surface area contributed by atoms with Gasteiger partial charge in [-0.25, -0.2) is 14.5 Å². The summed E-state index contributed by atoms with van der Waals surface area (Å²) < 4.78 is 12.5. The number of imide groups is 1. The van der Waals surface area contributed by atoms with E-state index in [1.54, 1.807) is 49.7 Å². The molecule has 2 aromatic heterocycles. The molecule has 9 heteroatoms. The maximum atomic E-state index is 13.2. The first-order chi connectivity index (χ1) is 15.5. The number of carbonyl (C=O) groups is 2. The van der Waals surface area contributed by atoms with Gasteiger partial charge in [0.2, 0.25) is 0 Å². The molecule has 0 bridgehead atoms. The van der Waals surface area contributed by atoms with Crippen LogP contribution in [0.4, 0.5) is 4.79 Å². The fourth-order valence-electron chi connectivity index (χ4n) is 3.36. The van der Waals surface area contributed by atoms with Crippen molar-refractivity contribution in [3.8, 4) is 0 Å². The maximum Gasteiger partial charge on any atom is 0.417 e. The number of amides is 2. The Morgan fingerprint density at radius 1 is 1.21 bits per heavy atom. The summed E-state index contributed by atoms with van der Waals surface area (Å²) in [5, 5.41) is 8.18. The zero-order valence-electron chi connectivity index (χ0n) is 19.7. The number of hydrogen-bond donors (Lipinski definition) is 1. The van der Waals surface area contributed by atoms with Gasteiger partial charge in [-0.2, -0.15) is 5.10 Å². The molecule has 3 rings (SSSR count). The highest BCUT2D eigenvalue weighted by molar-refractivity contribution is 6.04. The lowest BCUT2D eigenvalue weighted by Crippen LogP contribution is -2.43. The molecule has 1 aromatic carbocycles. The van der Waals surface area contributed by atoms with Gasteiger partial charge < -0.3 is 14.5 Å². The van der Waals surface area contributed by atoms with E-state index in [2.05, 4.69) is 10.4 Å². The van der Waals surface area contributed by atoms with E-state index in [1.807, 2.05) is 20.0 Å². The van der Waals surface area contributed by atoms with Gasteiger partial charge in [-0.1, -0.05) is 18.2 Å². The fourth-order valence-corrected chi connectivity index (χ4v) is 3.36. The normalized spacial score (nSPS) is 11.5. The molecule has 0 fully saturated rings. The largest absolute Gasteiger partial charge is 0.443 e. The number of rotatable bonds is 7. The molecule has 0 saturated carbocycles. The van der Waals surface area contributed by atoms with Crippen molar-refractivity contribution in [3.05, 3.63) is 63.8 Å². The number of aromatic nitrogens is 2. The number of nitrogens with one attached hydrogen (secondary N) is 1. The average Bonchev–Trinajstić information content (AvgIpc) is 3.05. The molecule has 9 nitrogen and oxygen atoms in total. The molecular weight excluding hydrogens is 424 g/mol. The molecule has 0 saturated heterocycles. The van der Waals surface area contributed by atoms with Crippen molar-refractivity contribution in [2.75, 3.05) is 13.1 Å². The van der Waals surface area contributed by atoms with E-state index in [9.17, 15) is 14.4 Å². The Bertz CT molecular complexity index is 1210. The number of benzene rings is 1. The third-order valence-electron chi connectivity index (χ3n) is 4.87. The Hall–Kier alpha value is -3.46. The van der Waals surface area contributed by atoms with Gasteiger partial charge in [-0.3, -0.25) is 9.48 Å². The molecule has 2 amide bonds. The molecule has 3 aromatic rings. The molecule has 2 heterocycles. The molecule has 0 aliphatic heterocycles. The molecule has 0 aliphatic carbocycles. The summed E-state index contributed by atoms with van der Waals surface area (Å²) in [6.07, 6.45) is -0.330. The van der Waals surface area contributed by atoms with Crippen LogP contribution in [0.25, 0.3) is 11.0 Å². The zero-order valence-corrected chi connectivity index (χ0v) is 19.7. The Kier molecular flexibility index (Phi) is 7.33. The van der Waals surface area contributed by atoms with Crippen LogP contribution in [-0.2, 0) is 18.3 Å². The van der Waals surface area contributed by atoms with Crippen LogP contribution in [0.3, 0.4) is 0 Å². The molecule has 0 radical (unpaired) electrons. The van der Waals surface area contributed by atoms with Crippen LogP contribution in [0.2, 0.25) is 0 Å². The van der Waals surface area contributed by atoms with Crippen LogP contribution >= 0.6 is 0 Å². The van der Waals surface area contributed by atoms with Crippen molar-refractivity contribution in [2.24, 2.45) is 7.05 Å². The first-order valence-electron chi connectivity index (χ1n) is 10.8. The highest BCUT2D eigenvalue weighted by Crippen LogP contribution is 2.16. The Balaban J connectivity index is 1.73. The maximum absolute atomic E-state index is 13.2. The van der Waals surface area contributed by atoms with E-state index in [0.29, 0.717) is 30.5 Å². The highest BCUT2D eigenvalue weighted by Gasteiger charge is 2.30. The molecule has 0 spiro atoms. The minimum absolute atomic E-state index is 0.0808. The monoisotopic (exact) mass is 454 g/mol. The van der Waals surface area contributed by atoms with Crippen molar-refractivity contribution in [1.82, 2.24) is 20.0 Å². The SMILES string of the molecule is Cc1cc(CNCCCN(C(=O)OC(C)(C)C)C(=O)c2cc3ccccc3oc2=O)n(C)n1. The van der Waals surface area contributed by atoms with Crippen molar-refractivity contribution in [1.29, 1.82) is 0 Å².